The lowest BCUT2D eigenvalue weighted by atomic mass is 9.94. The number of carbonyl (C=O) groups is 1. The van der Waals surface area contributed by atoms with Gasteiger partial charge in [-0.3, -0.25) is 14.6 Å². The van der Waals surface area contributed by atoms with Gasteiger partial charge in [-0.25, -0.2) is 0 Å². The van der Waals surface area contributed by atoms with Gasteiger partial charge < -0.3 is 5.32 Å². The molecule has 22 heavy (non-hydrogen) atoms. The maximum Gasteiger partial charge on any atom is 0.220 e. The van der Waals surface area contributed by atoms with Gasteiger partial charge in [0.1, 0.15) is 0 Å². The normalized spacial score (nSPS) is 19.5. The van der Waals surface area contributed by atoms with Crippen molar-refractivity contribution < 1.29 is 4.79 Å². The standard InChI is InChI=1S/C18H37N3O/c1-6-8-16(9-7-2)14-17(22)19-10-11-21-13-12-20(5)18(3,4)15-21/h16H,6-15H2,1-5H3,(H,19,22). The first-order valence-corrected chi connectivity index (χ1v) is 9.09. The van der Waals surface area contributed by atoms with Crippen LogP contribution >= 0.6 is 0 Å². The lowest BCUT2D eigenvalue weighted by Crippen LogP contribution is -2.58. The van der Waals surface area contributed by atoms with Gasteiger partial charge in [0, 0.05) is 44.7 Å². The molecular weight excluding hydrogens is 274 g/mol. The van der Waals surface area contributed by atoms with E-state index in [2.05, 4.69) is 49.9 Å². The first-order valence-electron chi connectivity index (χ1n) is 9.09. The summed E-state index contributed by atoms with van der Waals surface area (Å²) in [5.41, 5.74) is 0.232. The molecule has 0 aromatic rings. The largest absolute Gasteiger partial charge is 0.355 e. The zero-order valence-corrected chi connectivity index (χ0v) is 15.5. The number of nitrogens with one attached hydrogen (secondary N) is 1. The van der Waals surface area contributed by atoms with E-state index >= 15 is 0 Å². The van der Waals surface area contributed by atoms with Crippen LogP contribution in [0.25, 0.3) is 0 Å². The van der Waals surface area contributed by atoms with Crippen LogP contribution in [0.4, 0.5) is 0 Å². The van der Waals surface area contributed by atoms with Gasteiger partial charge >= 0.3 is 0 Å². The molecule has 0 bridgehead atoms. The van der Waals surface area contributed by atoms with Crippen LogP contribution in [-0.2, 0) is 4.79 Å². The average molecular weight is 312 g/mol. The summed E-state index contributed by atoms with van der Waals surface area (Å²) in [4.78, 5) is 17.0. The minimum Gasteiger partial charge on any atom is -0.355 e. The number of rotatable bonds is 9. The van der Waals surface area contributed by atoms with E-state index in [0.717, 1.165) is 32.7 Å². The highest BCUT2D eigenvalue weighted by Crippen LogP contribution is 2.19. The Hall–Kier alpha value is -0.610. The molecular formula is C18H37N3O. The fourth-order valence-electron chi connectivity index (χ4n) is 3.38. The molecule has 0 saturated carbocycles. The zero-order valence-electron chi connectivity index (χ0n) is 15.5. The number of piperazine rings is 1. The molecule has 1 rings (SSSR count). The van der Waals surface area contributed by atoms with E-state index in [0.29, 0.717) is 12.3 Å². The number of hydrogen-bond acceptors (Lipinski definition) is 3. The van der Waals surface area contributed by atoms with E-state index in [9.17, 15) is 4.79 Å². The van der Waals surface area contributed by atoms with Gasteiger partial charge in [-0.2, -0.15) is 0 Å². The Morgan fingerprint density at radius 2 is 1.82 bits per heavy atom. The smallest absolute Gasteiger partial charge is 0.220 e. The van der Waals surface area contributed by atoms with Crippen LogP contribution in [0.5, 0.6) is 0 Å². The average Bonchev–Trinajstić information content (AvgIpc) is 2.43. The summed E-state index contributed by atoms with van der Waals surface area (Å²) in [6.45, 7) is 14.0. The number of carbonyl (C=O) groups excluding carboxylic acids is 1. The third-order valence-corrected chi connectivity index (χ3v) is 5.01. The molecule has 0 radical (unpaired) electrons. The maximum atomic E-state index is 12.1. The van der Waals surface area contributed by atoms with Crippen LogP contribution < -0.4 is 5.32 Å². The highest BCUT2D eigenvalue weighted by molar-refractivity contribution is 5.76. The molecule has 0 aromatic heterocycles. The van der Waals surface area contributed by atoms with Crippen LogP contribution in [-0.4, -0.2) is 61.0 Å². The van der Waals surface area contributed by atoms with E-state index in [1.165, 1.54) is 25.7 Å². The molecule has 0 aliphatic carbocycles. The molecule has 0 aromatic carbocycles. The number of nitrogens with zero attached hydrogens (tertiary/aromatic N) is 2. The maximum absolute atomic E-state index is 12.1. The summed E-state index contributed by atoms with van der Waals surface area (Å²) in [6.07, 6.45) is 5.40. The Bertz CT molecular complexity index is 324. The van der Waals surface area contributed by atoms with Crippen LogP contribution in [0.15, 0.2) is 0 Å². The van der Waals surface area contributed by atoms with Crippen molar-refractivity contribution in [1.29, 1.82) is 0 Å². The van der Waals surface area contributed by atoms with Crippen LogP contribution in [0.3, 0.4) is 0 Å². The van der Waals surface area contributed by atoms with Gasteiger partial charge in [-0.15, -0.1) is 0 Å². The SMILES string of the molecule is CCCC(CCC)CC(=O)NCCN1CCN(C)C(C)(C)C1. The van der Waals surface area contributed by atoms with Crippen LogP contribution in [0.2, 0.25) is 0 Å². The first-order chi connectivity index (χ1) is 10.4. The highest BCUT2D eigenvalue weighted by atomic mass is 16.1. The Morgan fingerprint density at radius 1 is 1.18 bits per heavy atom. The summed E-state index contributed by atoms with van der Waals surface area (Å²) in [5.74, 6) is 0.804. The minimum atomic E-state index is 0.232. The summed E-state index contributed by atoms with van der Waals surface area (Å²) in [6, 6.07) is 0. The topological polar surface area (TPSA) is 35.6 Å². The fourth-order valence-corrected chi connectivity index (χ4v) is 3.38. The molecule has 1 N–H and O–H groups in total. The molecule has 0 atom stereocenters. The Morgan fingerprint density at radius 3 is 2.36 bits per heavy atom. The van der Waals surface area contributed by atoms with Crippen molar-refractivity contribution >= 4 is 5.91 Å². The van der Waals surface area contributed by atoms with Crippen molar-refractivity contribution in [3.05, 3.63) is 0 Å². The molecule has 0 unspecified atom stereocenters. The molecule has 1 fully saturated rings. The summed E-state index contributed by atoms with van der Waals surface area (Å²) < 4.78 is 0. The molecule has 0 spiro atoms. The lowest BCUT2D eigenvalue weighted by molar-refractivity contribution is -0.122. The van der Waals surface area contributed by atoms with Crippen molar-refractivity contribution in [3.8, 4) is 0 Å². The lowest BCUT2D eigenvalue weighted by Gasteiger charge is -2.45. The van der Waals surface area contributed by atoms with E-state index in [-0.39, 0.29) is 11.4 Å². The van der Waals surface area contributed by atoms with Crippen molar-refractivity contribution in [3.63, 3.8) is 0 Å². The number of hydrogen-bond donors (Lipinski definition) is 1. The fraction of sp³-hybridized carbons (Fsp3) is 0.944. The zero-order chi connectivity index (χ0) is 16.6. The van der Waals surface area contributed by atoms with Crippen molar-refractivity contribution in [2.75, 3.05) is 39.8 Å². The van der Waals surface area contributed by atoms with Crippen LogP contribution in [0.1, 0.15) is 59.8 Å². The van der Waals surface area contributed by atoms with Gasteiger partial charge in [0.25, 0.3) is 0 Å². The Kier molecular flexibility index (Phi) is 8.40. The predicted octanol–water partition coefficient (Wildman–Crippen LogP) is 2.74. The van der Waals surface area contributed by atoms with Crippen molar-refractivity contribution in [1.82, 2.24) is 15.1 Å². The molecule has 130 valence electrons. The molecule has 1 saturated heterocycles. The van der Waals surface area contributed by atoms with Crippen LogP contribution in [0, 0.1) is 5.92 Å². The number of likely N-dealkylation sites (N-methyl/N-ethyl adjacent to an activating group) is 1. The highest BCUT2D eigenvalue weighted by Gasteiger charge is 2.30. The second-order valence-corrected chi connectivity index (χ2v) is 7.51. The minimum absolute atomic E-state index is 0.232. The second kappa shape index (κ2) is 9.51. The number of amides is 1. The quantitative estimate of drug-likeness (QED) is 0.711. The summed E-state index contributed by atoms with van der Waals surface area (Å²) >= 11 is 0. The summed E-state index contributed by atoms with van der Waals surface area (Å²) in [5, 5.41) is 3.12. The molecule has 4 nitrogen and oxygen atoms in total. The third kappa shape index (κ3) is 6.66. The van der Waals surface area contributed by atoms with E-state index in [1.54, 1.807) is 0 Å². The van der Waals surface area contributed by atoms with E-state index < -0.39 is 0 Å². The monoisotopic (exact) mass is 311 g/mol. The van der Waals surface area contributed by atoms with Gasteiger partial charge in [0.2, 0.25) is 5.91 Å². The summed E-state index contributed by atoms with van der Waals surface area (Å²) in [7, 11) is 2.20. The second-order valence-electron chi connectivity index (χ2n) is 7.51. The third-order valence-electron chi connectivity index (χ3n) is 5.01. The predicted molar refractivity (Wildman–Crippen MR) is 94.1 cm³/mol. The van der Waals surface area contributed by atoms with Crippen molar-refractivity contribution in [2.24, 2.45) is 5.92 Å². The van der Waals surface area contributed by atoms with Crippen molar-refractivity contribution in [2.45, 2.75) is 65.3 Å². The van der Waals surface area contributed by atoms with E-state index in [4.69, 9.17) is 0 Å². The van der Waals surface area contributed by atoms with Gasteiger partial charge in [0.05, 0.1) is 0 Å². The molecule has 4 heteroatoms. The Labute approximate surface area is 137 Å². The molecule has 1 aliphatic rings. The molecule has 1 aliphatic heterocycles. The van der Waals surface area contributed by atoms with Gasteiger partial charge in [-0.1, -0.05) is 39.5 Å². The first kappa shape index (κ1) is 19.4. The molecule has 1 amide bonds. The molecule has 1 heterocycles. The van der Waals surface area contributed by atoms with Gasteiger partial charge in [0.15, 0.2) is 0 Å². The Balaban J connectivity index is 2.24. The van der Waals surface area contributed by atoms with Gasteiger partial charge in [-0.05, 0) is 26.8 Å². The van der Waals surface area contributed by atoms with E-state index in [1.807, 2.05) is 0 Å².